The van der Waals surface area contributed by atoms with Crippen LogP contribution < -0.4 is 10.6 Å². The minimum atomic E-state index is -4.59. The Hall–Kier alpha value is -5.07. The Morgan fingerprint density at radius 1 is 0.975 bits per heavy atom. The molecule has 0 aliphatic heterocycles. The van der Waals surface area contributed by atoms with E-state index in [2.05, 4.69) is 35.8 Å². The van der Waals surface area contributed by atoms with Crippen molar-refractivity contribution >= 4 is 22.8 Å². The van der Waals surface area contributed by atoms with Gasteiger partial charge in [-0.15, -0.1) is 0 Å². The summed E-state index contributed by atoms with van der Waals surface area (Å²) in [6.45, 7) is 0.0112. The van der Waals surface area contributed by atoms with Gasteiger partial charge in [0.05, 0.1) is 6.04 Å². The van der Waals surface area contributed by atoms with Crippen LogP contribution >= 0.6 is 0 Å². The van der Waals surface area contributed by atoms with Gasteiger partial charge in [-0.25, -0.2) is 15.0 Å². The fourth-order valence-corrected chi connectivity index (χ4v) is 4.70. The smallest absolute Gasteiger partial charge is 0.449 e. The molecule has 3 aromatic heterocycles. The third-order valence-electron chi connectivity index (χ3n) is 6.66. The van der Waals surface area contributed by atoms with Gasteiger partial charge in [0.2, 0.25) is 5.76 Å². The van der Waals surface area contributed by atoms with Crippen LogP contribution in [-0.2, 0) is 19.1 Å². The molecule has 6 rings (SSSR count). The van der Waals surface area contributed by atoms with E-state index in [0.29, 0.717) is 23.2 Å². The highest BCUT2D eigenvalue weighted by molar-refractivity contribution is 5.97. The number of carbonyl (C=O) groups excluding carboxylic acids is 2. The monoisotopic (exact) mass is 547 g/mol. The molecule has 0 saturated heterocycles. The maximum Gasteiger partial charge on any atom is 0.449 e. The largest absolute Gasteiger partial charge is 0.451 e. The first-order chi connectivity index (χ1) is 19.2. The Kier molecular flexibility index (Phi) is 6.25. The Morgan fingerprint density at radius 2 is 1.80 bits per heavy atom. The molecule has 5 aromatic rings. The van der Waals surface area contributed by atoms with E-state index in [4.69, 9.17) is 4.42 Å². The zero-order chi connectivity index (χ0) is 27.9. The van der Waals surface area contributed by atoms with Crippen molar-refractivity contribution in [1.29, 1.82) is 0 Å². The number of benzene rings is 2. The number of fused-ring (bicyclic) bond motifs is 2. The van der Waals surface area contributed by atoms with E-state index in [0.717, 1.165) is 35.5 Å². The lowest BCUT2D eigenvalue weighted by Crippen LogP contribution is -2.29. The van der Waals surface area contributed by atoms with Crippen LogP contribution in [0, 0.1) is 0 Å². The highest BCUT2D eigenvalue weighted by Gasteiger charge is 2.35. The molecule has 40 heavy (non-hydrogen) atoms. The molecule has 0 fully saturated rings. The van der Waals surface area contributed by atoms with Crippen molar-refractivity contribution in [2.75, 3.05) is 0 Å². The van der Waals surface area contributed by atoms with Crippen molar-refractivity contribution < 1.29 is 27.2 Å². The number of furan rings is 1. The summed E-state index contributed by atoms with van der Waals surface area (Å²) in [7, 11) is 0. The Morgan fingerprint density at radius 3 is 2.58 bits per heavy atom. The molecule has 13 heteroatoms. The van der Waals surface area contributed by atoms with Gasteiger partial charge in [-0.3, -0.25) is 14.7 Å². The SMILES string of the molecule is O=C(NCc1ccc2cc(C(F)(F)F)oc2c1)c1cc(C(=O)N[C@H]2CCc3cc(-c4ncn[nH]4)ccc32)ncn1. The van der Waals surface area contributed by atoms with E-state index in [-0.39, 0.29) is 29.6 Å². The summed E-state index contributed by atoms with van der Waals surface area (Å²) >= 11 is 0. The minimum absolute atomic E-state index is 0.0112. The molecule has 3 heterocycles. The number of hydrogen-bond donors (Lipinski definition) is 3. The summed E-state index contributed by atoms with van der Waals surface area (Å²) in [6.07, 6.45) is -0.528. The normalized spacial score (nSPS) is 14.7. The number of aromatic amines is 1. The second-order valence-corrected chi connectivity index (χ2v) is 9.26. The van der Waals surface area contributed by atoms with Gasteiger partial charge in [0.1, 0.15) is 29.6 Å². The van der Waals surface area contributed by atoms with Crippen molar-refractivity contribution in [1.82, 2.24) is 35.8 Å². The van der Waals surface area contributed by atoms with Gasteiger partial charge in [0, 0.05) is 23.6 Å². The van der Waals surface area contributed by atoms with E-state index >= 15 is 0 Å². The number of carbonyl (C=O) groups is 2. The quantitative estimate of drug-likeness (QED) is 0.287. The van der Waals surface area contributed by atoms with Crippen molar-refractivity contribution in [2.45, 2.75) is 31.6 Å². The number of rotatable bonds is 6. The highest BCUT2D eigenvalue weighted by Crippen LogP contribution is 2.35. The van der Waals surface area contributed by atoms with Gasteiger partial charge in [-0.2, -0.15) is 18.3 Å². The molecular weight excluding hydrogens is 527 g/mol. The number of aromatic nitrogens is 5. The predicted octanol–water partition coefficient (Wildman–Crippen LogP) is 4.37. The molecule has 1 aliphatic carbocycles. The minimum Gasteiger partial charge on any atom is -0.451 e. The lowest BCUT2D eigenvalue weighted by molar-refractivity contribution is -0.152. The second-order valence-electron chi connectivity index (χ2n) is 9.26. The number of amides is 2. The average molecular weight is 547 g/mol. The van der Waals surface area contributed by atoms with Crippen LogP contribution in [0.1, 0.15) is 55.9 Å². The van der Waals surface area contributed by atoms with Crippen LogP contribution in [0.5, 0.6) is 0 Å². The maximum absolute atomic E-state index is 13.0. The second kappa shape index (κ2) is 9.91. The molecule has 2 amide bonds. The van der Waals surface area contributed by atoms with Gasteiger partial charge in [-0.1, -0.05) is 24.3 Å². The van der Waals surface area contributed by atoms with Gasteiger partial charge in [0.15, 0.2) is 5.82 Å². The molecular formula is C27H20F3N7O3. The number of hydrogen-bond acceptors (Lipinski definition) is 7. The first-order valence-corrected chi connectivity index (χ1v) is 12.2. The first-order valence-electron chi connectivity index (χ1n) is 12.2. The van der Waals surface area contributed by atoms with Crippen LogP contribution in [0.3, 0.4) is 0 Å². The molecule has 0 unspecified atom stereocenters. The summed E-state index contributed by atoms with van der Waals surface area (Å²) < 4.78 is 43.6. The molecule has 0 saturated carbocycles. The number of aryl methyl sites for hydroxylation is 1. The molecule has 2 aromatic carbocycles. The molecule has 0 bridgehead atoms. The Balaban J connectivity index is 1.10. The standard InChI is InChI=1S/C27H20F3N7O3/c28-27(29,30)23-9-16-2-1-14(7-22(16)40-23)11-31-25(38)20-10-21(33-12-32-20)26(39)36-19-6-4-15-8-17(3-5-18(15)19)24-34-13-35-37-24/h1-3,5,7-10,12-13,19H,4,6,11H2,(H,31,38)(H,36,39)(H,34,35,37)/t19-/m0/s1. The molecule has 1 aliphatic rings. The van der Waals surface area contributed by atoms with Crippen LogP contribution in [-0.4, -0.2) is 37.0 Å². The molecule has 10 nitrogen and oxygen atoms in total. The van der Waals surface area contributed by atoms with Crippen LogP contribution in [0.25, 0.3) is 22.4 Å². The fourth-order valence-electron chi connectivity index (χ4n) is 4.70. The summed E-state index contributed by atoms with van der Waals surface area (Å²) in [5.74, 6) is -1.44. The fraction of sp³-hybridized carbons (Fsp3) is 0.185. The zero-order valence-electron chi connectivity index (χ0n) is 20.6. The van der Waals surface area contributed by atoms with Crippen molar-refractivity contribution in [3.63, 3.8) is 0 Å². The van der Waals surface area contributed by atoms with E-state index in [1.807, 2.05) is 18.2 Å². The number of H-pyrrole nitrogens is 1. The summed E-state index contributed by atoms with van der Waals surface area (Å²) in [4.78, 5) is 37.8. The third-order valence-corrected chi connectivity index (χ3v) is 6.66. The number of halogens is 3. The van der Waals surface area contributed by atoms with Crippen molar-refractivity contribution in [2.24, 2.45) is 0 Å². The third kappa shape index (κ3) is 5.00. The average Bonchev–Trinajstić information content (AvgIpc) is 3.71. The van der Waals surface area contributed by atoms with E-state index in [1.54, 1.807) is 6.07 Å². The maximum atomic E-state index is 13.0. The lowest BCUT2D eigenvalue weighted by atomic mass is 10.0. The van der Waals surface area contributed by atoms with E-state index < -0.39 is 23.8 Å². The van der Waals surface area contributed by atoms with Crippen LogP contribution in [0.2, 0.25) is 0 Å². The topological polar surface area (TPSA) is 139 Å². The Bertz CT molecular complexity index is 1730. The van der Waals surface area contributed by atoms with Crippen molar-refractivity contribution in [3.05, 3.63) is 95.0 Å². The number of alkyl halides is 3. The van der Waals surface area contributed by atoms with Gasteiger partial charge in [0.25, 0.3) is 11.8 Å². The lowest BCUT2D eigenvalue weighted by Gasteiger charge is -2.14. The summed E-state index contributed by atoms with van der Waals surface area (Å²) in [5.41, 5.74) is 3.60. The van der Waals surface area contributed by atoms with Gasteiger partial charge >= 0.3 is 6.18 Å². The highest BCUT2D eigenvalue weighted by atomic mass is 19.4. The van der Waals surface area contributed by atoms with Crippen molar-refractivity contribution in [3.8, 4) is 11.4 Å². The zero-order valence-corrected chi connectivity index (χ0v) is 20.6. The van der Waals surface area contributed by atoms with E-state index in [1.165, 1.54) is 24.5 Å². The number of nitrogens with zero attached hydrogens (tertiary/aromatic N) is 4. The summed E-state index contributed by atoms with van der Waals surface area (Å²) in [6, 6.07) is 12.4. The summed E-state index contributed by atoms with van der Waals surface area (Å²) in [5, 5.41) is 12.6. The van der Waals surface area contributed by atoms with Gasteiger partial charge in [-0.05, 0) is 47.7 Å². The Labute approximate surface area is 224 Å². The van der Waals surface area contributed by atoms with Gasteiger partial charge < -0.3 is 15.1 Å². The molecule has 3 N–H and O–H groups in total. The van der Waals surface area contributed by atoms with E-state index in [9.17, 15) is 22.8 Å². The predicted molar refractivity (Wildman–Crippen MR) is 135 cm³/mol. The molecule has 202 valence electrons. The molecule has 0 spiro atoms. The van der Waals surface area contributed by atoms with Crippen LogP contribution in [0.15, 0.2) is 65.6 Å². The first kappa shape index (κ1) is 25.2. The molecule has 0 radical (unpaired) electrons. The molecule has 1 atom stereocenters. The number of nitrogens with one attached hydrogen (secondary N) is 3. The van der Waals surface area contributed by atoms with Crippen LogP contribution in [0.4, 0.5) is 13.2 Å².